The lowest BCUT2D eigenvalue weighted by Gasteiger charge is -2.11. The van der Waals surface area contributed by atoms with Gasteiger partial charge in [0.05, 0.1) is 19.8 Å². The predicted octanol–water partition coefficient (Wildman–Crippen LogP) is 2.77. The van der Waals surface area contributed by atoms with Gasteiger partial charge in [-0.15, -0.1) is 0 Å². The van der Waals surface area contributed by atoms with Crippen LogP contribution in [0.1, 0.15) is 10.4 Å². The molecule has 2 N–H and O–H groups in total. The Morgan fingerprint density at radius 1 is 1.10 bits per heavy atom. The lowest BCUT2D eigenvalue weighted by atomic mass is 10.0. The van der Waals surface area contributed by atoms with Crippen LogP contribution < -0.4 is 9.47 Å². The van der Waals surface area contributed by atoms with Crippen molar-refractivity contribution in [3.8, 4) is 28.4 Å². The summed E-state index contributed by atoms with van der Waals surface area (Å²) in [6.45, 7) is 0. The summed E-state index contributed by atoms with van der Waals surface area (Å²) in [6, 6.07) is 9.66. The molecule has 5 nitrogen and oxygen atoms in total. The summed E-state index contributed by atoms with van der Waals surface area (Å²) in [5.74, 6) is -0.470. The van der Waals surface area contributed by atoms with Gasteiger partial charge in [-0.1, -0.05) is 12.1 Å². The van der Waals surface area contributed by atoms with Crippen molar-refractivity contribution in [1.29, 1.82) is 0 Å². The zero-order chi connectivity index (χ0) is 14.7. The molecule has 2 rings (SSSR count). The molecule has 2 aromatic carbocycles. The topological polar surface area (TPSA) is 76.0 Å². The van der Waals surface area contributed by atoms with Gasteiger partial charge in [0.25, 0.3) is 0 Å². The van der Waals surface area contributed by atoms with Crippen LogP contribution >= 0.6 is 0 Å². The van der Waals surface area contributed by atoms with Crippen molar-refractivity contribution >= 4 is 5.97 Å². The Bertz CT molecular complexity index is 649. The molecule has 0 bridgehead atoms. The van der Waals surface area contributed by atoms with E-state index in [4.69, 9.17) is 14.6 Å². The maximum absolute atomic E-state index is 11.1. The molecule has 0 spiro atoms. The van der Waals surface area contributed by atoms with Crippen LogP contribution in [0.2, 0.25) is 0 Å². The minimum absolute atomic E-state index is 0.0393. The van der Waals surface area contributed by atoms with Gasteiger partial charge in [-0.25, -0.2) is 4.79 Å². The van der Waals surface area contributed by atoms with Gasteiger partial charge in [-0.2, -0.15) is 0 Å². The fraction of sp³-hybridized carbons (Fsp3) is 0.133. The second kappa shape index (κ2) is 5.52. The molecule has 0 radical (unpaired) electrons. The highest BCUT2D eigenvalue weighted by Gasteiger charge is 2.16. The van der Waals surface area contributed by atoms with E-state index in [-0.39, 0.29) is 17.1 Å². The maximum Gasteiger partial charge on any atom is 0.335 e. The van der Waals surface area contributed by atoms with Gasteiger partial charge >= 0.3 is 5.97 Å². The Kier molecular flexibility index (Phi) is 3.79. The summed E-state index contributed by atoms with van der Waals surface area (Å²) in [6.07, 6.45) is 0. The largest absolute Gasteiger partial charge is 0.504 e. The highest BCUT2D eigenvalue weighted by atomic mass is 16.5. The number of aromatic hydroxyl groups is 1. The summed E-state index contributed by atoms with van der Waals surface area (Å²) >= 11 is 0. The van der Waals surface area contributed by atoms with E-state index < -0.39 is 5.97 Å². The average molecular weight is 274 g/mol. The first kappa shape index (κ1) is 13.7. The Morgan fingerprint density at radius 3 is 2.45 bits per heavy atom. The normalized spacial score (nSPS) is 10.1. The zero-order valence-electron chi connectivity index (χ0n) is 11.1. The Balaban J connectivity index is 2.65. The maximum atomic E-state index is 11.1. The van der Waals surface area contributed by atoms with Crippen LogP contribution in [0.3, 0.4) is 0 Å². The van der Waals surface area contributed by atoms with Crippen molar-refractivity contribution < 1.29 is 24.5 Å². The Hall–Kier alpha value is -2.69. The number of carboxylic acids is 1. The van der Waals surface area contributed by atoms with E-state index in [0.29, 0.717) is 16.9 Å². The molecule has 104 valence electrons. The quantitative estimate of drug-likeness (QED) is 0.896. The summed E-state index contributed by atoms with van der Waals surface area (Å²) in [5.41, 5.74) is 1.06. The monoisotopic (exact) mass is 274 g/mol. The molecule has 0 aliphatic carbocycles. The highest BCUT2D eigenvalue weighted by Crippen LogP contribution is 2.39. The summed E-state index contributed by atoms with van der Waals surface area (Å²) in [4.78, 5) is 11.1. The second-order valence-corrected chi connectivity index (χ2v) is 4.11. The van der Waals surface area contributed by atoms with E-state index in [1.54, 1.807) is 24.3 Å². The number of aromatic carboxylic acids is 1. The van der Waals surface area contributed by atoms with Crippen LogP contribution in [0.15, 0.2) is 36.4 Å². The number of ether oxygens (including phenoxy) is 2. The van der Waals surface area contributed by atoms with Crippen molar-refractivity contribution in [2.24, 2.45) is 0 Å². The third-order valence-electron chi connectivity index (χ3n) is 2.92. The molecular weight excluding hydrogens is 260 g/mol. The van der Waals surface area contributed by atoms with E-state index in [9.17, 15) is 9.90 Å². The lowest BCUT2D eigenvalue weighted by Crippen LogP contribution is -1.98. The molecule has 2 aromatic rings. The minimum Gasteiger partial charge on any atom is -0.504 e. The van der Waals surface area contributed by atoms with Crippen molar-refractivity contribution in [2.75, 3.05) is 14.2 Å². The Morgan fingerprint density at radius 2 is 1.85 bits per heavy atom. The smallest absolute Gasteiger partial charge is 0.335 e. The first-order valence-electron chi connectivity index (χ1n) is 5.85. The van der Waals surface area contributed by atoms with Crippen molar-refractivity contribution in [1.82, 2.24) is 0 Å². The molecular formula is C15H14O5. The summed E-state index contributed by atoms with van der Waals surface area (Å²) in [5, 5.41) is 19.3. The number of benzene rings is 2. The number of phenolic OH excluding ortho intramolecular Hbond substituents is 1. The SMILES string of the molecule is COc1cccc(-c2cc(C(=O)O)cc(OC)c2O)c1. The molecule has 0 atom stereocenters. The molecule has 5 heteroatoms. The molecule has 20 heavy (non-hydrogen) atoms. The summed E-state index contributed by atoms with van der Waals surface area (Å²) < 4.78 is 10.1. The predicted molar refractivity (Wildman–Crippen MR) is 73.6 cm³/mol. The van der Waals surface area contributed by atoms with Crippen molar-refractivity contribution in [3.63, 3.8) is 0 Å². The van der Waals surface area contributed by atoms with Gasteiger partial charge in [-0.05, 0) is 29.8 Å². The summed E-state index contributed by atoms with van der Waals surface area (Å²) in [7, 11) is 2.91. The molecule has 0 heterocycles. The van der Waals surface area contributed by atoms with E-state index >= 15 is 0 Å². The first-order chi connectivity index (χ1) is 9.56. The van der Waals surface area contributed by atoms with Gasteiger partial charge in [0, 0.05) is 5.56 Å². The number of rotatable bonds is 4. The van der Waals surface area contributed by atoms with Crippen molar-refractivity contribution in [3.05, 3.63) is 42.0 Å². The van der Waals surface area contributed by atoms with Crippen LogP contribution in [-0.4, -0.2) is 30.4 Å². The van der Waals surface area contributed by atoms with Gasteiger partial charge in [0.2, 0.25) is 0 Å². The standard InChI is InChI=1S/C15H14O5/c1-19-11-5-3-4-9(6-11)12-7-10(15(17)18)8-13(20-2)14(12)16/h3-8,16H,1-2H3,(H,17,18). The van der Waals surface area contributed by atoms with Gasteiger partial charge < -0.3 is 19.7 Å². The number of methoxy groups -OCH3 is 2. The number of carboxylic acid groups (broad SMARTS) is 1. The fourth-order valence-electron chi connectivity index (χ4n) is 1.90. The van der Waals surface area contributed by atoms with Crippen molar-refractivity contribution in [2.45, 2.75) is 0 Å². The third-order valence-corrected chi connectivity index (χ3v) is 2.92. The molecule has 0 aliphatic heterocycles. The lowest BCUT2D eigenvalue weighted by molar-refractivity contribution is 0.0696. The third kappa shape index (κ3) is 2.51. The fourth-order valence-corrected chi connectivity index (χ4v) is 1.90. The van der Waals surface area contributed by atoms with Crippen LogP contribution in [0, 0.1) is 0 Å². The molecule has 0 fully saturated rings. The zero-order valence-corrected chi connectivity index (χ0v) is 11.1. The second-order valence-electron chi connectivity index (χ2n) is 4.11. The molecule has 0 amide bonds. The molecule has 0 saturated carbocycles. The number of carbonyl (C=O) groups is 1. The van der Waals surface area contributed by atoms with Crippen LogP contribution in [0.25, 0.3) is 11.1 Å². The van der Waals surface area contributed by atoms with E-state index in [2.05, 4.69) is 0 Å². The van der Waals surface area contributed by atoms with Crippen LogP contribution in [-0.2, 0) is 0 Å². The first-order valence-corrected chi connectivity index (χ1v) is 5.85. The van der Waals surface area contributed by atoms with E-state index in [0.717, 1.165) is 0 Å². The van der Waals surface area contributed by atoms with Gasteiger partial charge in [-0.3, -0.25) is 0 Å². The van der Waals surface area contributed by atoms with Crippen LogP contribution in [0.5, 0.6) is 17.2 Å². The van der Waals surface area contributed by atoms with Gasteiger partial charge in [0.15, 0.2) is 11.5 Å². The molecule has 0 aliphatic rings. The minimum atomic E-state index is -1.09. The number of hydrogen-bond donors (Lipinski definition) is 2. The average Bonchev–Trinajstić information content (AvgIpc) is 2.47. The number of hydrogen-bond acceptors (Lipinski definition) is 4. The number of phenols is 1. The molecule has 0 aromatic heterocycles. The molecule has 0 unspecified atom stereocenters. The molecule has 0 saturated heterocycles. The van der Waals surface area contributed by atoms with Gasteiger partial charge in [0.1, 0.15) is 5.75 Å². The Labute approximate surface area is 116 Å². The van der Waals surface area contributed by atoms with E-state index in [1.165, 1.54) is 26.4 Å². The van der Waals surface area contributed by atoms with Crippen LogP contribution in [0.4, 0.5) is 0 Å². The van der Waals surface area contributed by atoms with E-state index in [1.807, 2.05) is 0 Å². The highest BCUT2D eigenvalue weighted by molar-refractivity contribution is 5.92.